The molecule has 1 fully saturated rings. The summed E-state index contributed by atoms with van der Waals surface area (Å²) in [5.74, 6) is -0.478. The minimum Gasteiger partial charge on any atom is -0.381 e. The van der Waals surface area contributed by atoms with Crippen molar-refractivity contribution in [3.8, 4) is 0 Å². The van der Waals surface area contributed by atoms with Crippen molar-refractivity contribution < 1.29 is 18.0 Å². The summed E-state index contributed by atoms with van der Waals surface area (Å²) in [4.78, 5) is 24.6. The van der Waals surface area contributed by atoms with Gasteiger partial charge in [0.05, 0.1) is 5.56 Å². The lowest BCUT2D eigenvalue weighted by Crippen LogP contribution is -2.44. The number of benzene rings is 2. The fraction of sp³-hybridized carbons (Fsp3) is 0.310. The molecule has 3 heterocycles. The number of nitrogens with one attached hydrogen (secondary N) is 3. The maximum atomic E-state index is 13.9. The molecule has 1 saturated heterocycles. The van der Waals surface area contributed by atoms with Gasteiger partial charge in [-0.3, -0.25) is 9.69 Å². The summed E-state index contributed by atoms with van der Waals surface area (Å²) < 4.78 is 41.8. The zero-order valence-electron chi connectivity index (χ0n) is 21.9. The number of rotatable bonds is 7. The third kappa shape index (κ3) is 6.40. The van der Waals surface area contributed by atoms with Gasteiger partial charge in [-0.05, 0) is 67.1 Å². The van der Waals surface area contributed by atoms with E-state index in [0.717, 1.165) is 47.0 Å². The van der Waals surface area contributed by atoms with E-state index in [1.165, 1.54) is 12.1 Å². The first-order valence-electron chi connectivity index (χ1n) is 12.8. The zero-order valence-corrected chi connectivity index (χ0v) is 21.9. The second-order valence-corrected chi connectivity index (χ2v) is 10.0. The number of carbonyl (C=O) groups excluding carboxylic acids is 1. The van der Waals surface area contributed by atoms with Crippen LogP contribution in [0.25, 0.3) is 11.0 Å². The maximum Gasteiger partial charge on any atom is 0.416 e. The first kappa shape index (κ1) is 26.7. The molecule has 204 valence electrons. The van der Waals surface area contributed by atoms with Crippen molar-refractivity contribution in [2.24, 2.45) is 0 Å². The van der Waals surface area contributed by atoms with Crippen LogP contribution >= 0.6 is 0 Å². The van der Waals surface area contributed by atoms with Gasteiger partial charge in [-0.1, -0.05) is 12.1 Å². The third-order valence-electron chi connectivity index (χ3n) is 7.10. The Kier molecular flexibility index (Phi) is 7.58. The highest BCUT2D eigenvalue weighted by Crippen LogP contribution is 2.35. The quantitative estimate of drug-likeness (QED) is 0.291. The number of piperazine rings is 1. The van der Waals surface area contributed by atoms with Crippen LogP contribution in [0.15, 0.2) is 60.9 Å². The van der Waals surface area contributed by atoms with E-state index in [9.17, 15) is 18.0 Å². The fourth-order valence-electron chi connectivity index (χ4n) is 4.74. The molecule has 0 saturated carbocycles. The lowest BCUT2D eigenvalue weighted by Gasteiger charge is -2.33. The summed E-state index contributed by atoms with van der Waals surface area (Å²) in [6, 6.07) is 13.2. The van der Waals surface area contributed by atoms with Crippen LogP contribution < -0.4 is 10.6 Å². The molecule has 1 amide bonds. The van der Waals surface area contributed by atoms with Crippen LogP contribution in [0, 0.1) is 6.92 Å². The SMILES string of the molecule is Cc1ccc(C(=O)Nc2ccc(CN3CCN(C)CC3)c(C(F)(F)F)c2)cc1NCc1cnc2[nH]ccc2c1. The Hall–Kier alpha value is -3.89. The largest absolute Gasteiger partial charge is 0.416 e. The van der Waals surface area contributed by atoms with Gasteiger partial charge in [-0.2, -0.15) is 13.2 Å². The second kappa shape index (κ2) is 11.1. The summed E-state index contributed by atoms with van der Waals surface area (Å²) >= 11 is 0. The average Bonchev–Trinajstić information content (AvgIpc) is 3.38. The number of hydrogen-bond donors (Lipinski definition) is 3. The number of aromatic nitrogens is 2. The summed E-state index contributed by atoms with van der Waals surface area (Å²) in [6.45, 7) is 5.72. The van der Waals surface area contributed by atoms with Gasteiger partial charge >= 0.3 is 6.18 Å². The number of aryl methyl sites for hydroxylation is 1. The van der Waals surface area contributed by atoms with E-state index in [-0.39, 0.29) is 17.8 Å². The standard InChI is InChI=1S/C29H31F3N6O/c1-19-3-4-22(14-26(19)34-16-20-13-21-7-8-33-27(21)35-17-20)28(39)36-24-6-5-23(25(15-24)29(30,31)32)18-38-11-9-37(2)10-12-38/h3-8,13-15,17,34H,9-12,16,18H2,1-2H3,(H,33,35)(H,36,39). The van der Waals surface area contributed by atoms with Crippen LogP contribution in [0.2, 0.25) is 0 Å². The molecule has 1 aliphatic heterocycles. The maximum absolute atomic E-state index is 13.9. The van der Waals surface area contributed by atoms with Gasteiger partial charge in [-0.15, -0.1) is 0 Å². The lowest BCUT2D eigenvalue weighted by molar-refractivity contribution is -0.138. The van der Waals surface area contributed by atoms with Gasteiger partial charge in [0.1, 0.15) is 5.65 Å². The van der Waals surface area contributed by atoms with E-state index in [1.807, 2.05) is 43.3 Å². The lowest BCUT2D eigenvalue weighted by atomic mass is 10.0. The number of nitrogens with zero attached hydrogens (tertiary/aromatic N) is 3. The van der Waals surface area contributed by atoms with Gasteiger partial charge in [0.2, 0.25) is 0 Å². The number of likely N-dealkylation sites (N-methyl/N-ethyl adjacent to an activating group) is 1. The first-order valence-corrected chi connectivity index (χ1v) is 12.8. The molecule has 0 radical (unpaired) electrons. The van der Waals surface area contributed by atoms with E-state index in [2.05, 4.69) is 25.5 Å². The number of halogens is 3. The first-order chi connectivity index (χ1) is 18.7. The fourth-order valence-corrected chi connectivity index (χ4v) is 4.74. The van der Waals surface area contributed by atoms with Crippen LogP contribution in [0.4, 0.5) is 24.5 Å². The Morgan fingerprint density at radius 3 is 2.62 bits per heavy atom. The highest BCUT2D eigenvalue weighted by Gasteiger charge is 2.34. The van der Waals surface area contributed by atoms with E-state index in [1.54, 1.807) is 18.3 Å². The van der Waals surface area contributed by atoms with Crippen molar-refractivity contribution in [3.63, 3.8) is 0 Å². The van der Waals surface area contributed by atoms with Crippen LogP contribution in [-0.4, -0.2) is 58.9 Å². The summed E-state index contributed by atoms with van der Waals surface area (Å²) in [7, 11) is 2.00. The number of carbonyl (C=O) groups is 1. The molecule has 0 atom stereocenters. The molecular weight excluding hydrogens is 505 g/mol. The van der Waals surface area contributed by atoms with Crippen LogP contribution in [0.5, 0.6) is 0 Å². The molecule has 2 aromatic heterocycles. The highest BCUT2D eigenvalue weighted by molar-refractivity contribution is 6.05. The van der Waals surface area contributed by atoms with Gasteiger partial charge in [-0.25, -0.2) is 4.98 Å². The topological polar surface area (TPSA) is 76.3 Å². The van der Waals surface area contributed by atoms with Crippen molar-refractivity contribution in [2.45, 2.75) is 26.2 Å². The Labute approximate surface area is 225 Å². The van der Waals surface area contributed by atoms with Gasteiger partial charge in [0.15, 0.2) is 0 Å². The molecule has 39 heavy (non-hydrogen) atoms. The van der Waals surface area contributed by atoms with E-state index in [0.29, 0.717) is 25.2 Å². The zero-order chi connectivity index (χ0) is 27.6. The predicted octanol–water partition coefficient (Wildman–Crippen LogP) is 5.50. The predicted molar refractivity (Wildman–Crippen MR) is 147 cm³/mol. The van der Waals surface area contributed by atoms with E-state index < -0.39 is 17.6 Å². The minimum atomic E-state index is -4.53. The molecule has 4 aromatic rings. The summed E-state index contributed by atoms with van der Waals surface area (Å²) in [6.07, 6.45) is -0.912. The van der Waals surface area contributed by atoms with Crippen molar-refractivity contribution in [1.82, 2.24) is 19.8 Å². The van der Waals surface area contributed by atoms with Crippen molar-refractivity contribution in [1.29, 1.82) is 0 Å². The molecule has 2 aromatic carbocycles. The van der Waals surface area contributed by atoms with Gasteiger partial charge in [0, 0.05) is 74.0 Å². The molecule has 3 N–H and O–H groups in total. The number of hydrogen-bond acceptors (Lipinski definition) is 5. The minimum absolute atomic E-state index is 0.107. The molecule has 0 spiro atoms. The van der Waals surface area contributed by atoms with E-state index in [4.69, 9.17) is 0 Å². The number of pyridine rings is 1. The molecule has 0 unspecified atom stereocenters. The van der Waals surface area contributed by atoms with Gasteiger partial charge in [0.25, 0.3) is 5.91 Å². The second-order valence-electron chi connectivity index (χ2n) is 10.0. The normalized spacial score (nSPS) is 15.0. The van der Waals surface area contributed by atoms with Crippen LogP contribution in [0.1, 0.15) is 32.6 Å². The number of alkyl halides is 3. The molecule has 1 aliphatic rings. The number of H-pyrrole nitrogens is 1. The molecule has 10 heteroatoms. The number of amides is 1. The summed E-state index contributed by atoms with van der Waals surface area (Å²) in [5, 5.41) is 6.99. The molecule has 5 rings (SSSR count). The van der Waals surface area contributed by atoms with Crippen molar-refractivity contribution >= 4 is 28.3 Å². The van der Waals surface area contributed by atoms with Crippen molar-refractivity contribution in [2.75, 3.05) is 43.9 Å². The number of aromatic amines is 1. The Morgan fingerprint density at radius 2 is 1.85 bits per heavy atom. The van der Waals surface area contributed by atoms with E-state index >= 15 is 0 Å². The third-order valence-corrected chi connectivity index (χ3v) is 7.10. The van der Waals surface area contributed by atoms with Crippen LogP contribution in [-0.2, 0) is 19.3 Å². The Balaban J connectivity index is 1.29. The molecular formula is C29H31F3N6O. The van der Waals surface area contributed by atoms with Gasteiger partial charge < -0.3 is 20.5 Å². The highest BCUT2D eigenvalue weighted by atomic mass is 19.4. The molecule has 7 nitrogen and oxygen atoms in total. The molecule has 0 bridgehead atoms. The Morgan fingerprint density at radius 1 is 1.05 bits per heavy atom. The Bertz CT molecular complexity index is 1470. The average molecular weight is 537 g/mol. The number of fused-ring (bicyclic) bond motifs is 1. The monoisotopic (exact) mass is 536 g/mol. The smallest absolute Gasteiger partial charge is 0.381 e. The number of anilines is 2. The summed E-state index contributed by atoms with van der Waals surface area (Å²) in [5.41, 5.74) is 3.43. The molecule has 0 aliphatic carbocycles. The van der Waals surface area contributed by atoms with Crippen LogP contribution in [0.3, 0.4) is 0 Å². The van der Waals surface area contributed by atoms with Crippen molar-refractivity contribution in [3.05, 3.63) is 88.7 Å².